The van der Waals surface area contributed by atoms with Gasteiger partial charge in [0.15, 0.2) is 0 Å². The second-order valence-corrected chi connectivity index (χ2v) is 5.04. The van der Waals surface area contributed by atoms with Crippen molar-refractivity contribution in [3.05, 3.63) is 70.0 Å². The van der Waals surface area contributed by atoms with Crippen molar-refractivity contribution in [2.75, 3.05) is 0 Å². The van der Waals surface area contributed by atoms with Crippen LogP contribution in [-0.4, -0.2) is 5.11 Å². The molecule has 0 heterocycles. The van der Waals surface area contributed by atoms with Gasteiger partial charge < -0.3 is 5.11 Å². The number of rotatable bonds is 1. The highest BCUT2D eigenvalue weighted by Crippen LogP contribution is 2.45. The van der Waals surface area contributed by atoms with Crippen LogP contribution in [0.4, 0.5) is 4.39 Å². The Kier molecular flexibility index (Phi) is 2.84. The van der Waals surface area contributed by atoms with Crippen molar-refractivity contribution in [1.82, 2.24) is 0 Å². The van der Waals surface area contributed by atoms with Crippen LogP contribution in [0, 0.1) is 5.82 Å². The maximum absolute atomic E-state index is 13.8. The van der Waals surface area contributed by atoms with Gasteiger partial charge >= 0.3 is 0 Å². The summed E-state index contributed by atoms with van der Waals surface area (Å²) in [5.74, 6) is -0.314. The van der Waals surface area contributed by atoms with Gasteiger partial charge in [-0.15, -0.1) is 0 Å². The molecular weight excluding hydrogens is 251 g/mol. The monoisotopic (exact) mass is 262 g/mol. The first-order valence-electron chi connectivity index (χ1n) is 5.88. The van der Waals surface area contributed by atoms with Crippen molar-refractivity contribution in [2.24, 2.45) is 0 Å². The molecule has 3 rings (SSSR count). The van der Waals surface area contributed by atoms with Gasteiger partial charge in [-0.25, -0.2) is 4.39 Å². The second-order valence-electron chi connectivity index (χ2n) is 4.60. The minimum atomic E-state index is -0.566. The van der Waals surface area contributed by atoms with Gasteiger partial charge in [0.2, 0.25) is 0 Å². The zero-order valence-corrected chi connectivity index (χ0v) is 10.4. The Labute approximate surface area is 110 Å². The minimum Gasteiger partial charge on any atom is -0.388 e. The lowest BCUT2D eigenvalue weighted by Crippen LogP contribution is -1.99. The molecular formula is C15H12ClFO. The molecule has 0 aromatic heterocycles. The van der Waals surface area contributed by atoms with Gasteiger partial charge in [0.25, 0.3) is 0 Å². The molecule has 2 aromatic rings. The van der Waals surface area contributed by atoms with Gasteiger partial charge in [-0.05, 0) is 41.3 Å². The van der Waals surface area contributed by atoms with E-state index >= 15 is 0 Å². The van der Waals surface area contributed by atoms with Crippen LogP contribution < -0.4 is 0 Å². The molecule has 1 aliphatic rings. The van der Waals surface area contributed by atoms with E-state index in [0.717, 1.165) is 11.1 Å². The Balaban J connectivity index is 2.11. The van der Waals surface area contributed by atoms with Crippen LogP contribution in [0.2, 0.25) is 5.02 Å². The summed E-state index contributed by atoms with van der Waals surface area (Å²) < 4.78 is 13.8. The zero-order valence-electron chi connectivity index (χ0n) is 9.61. The van der Waals surface area contributed by atoms with E-state index in [1.807, 2.05) is 12.1 Å². The van der Waals surface area contributed by atoms with E-state index in [4.69, 9.17) is 11.6 Å². The van der Waals surface area contributed by atoms with E-state index in [2.05, 4.69) is 0 Å². The van der Waals surface area contributed by atoms with Crippen LogP contribution in [0.25, 0.3) is 0 Å². The van der Waals surface area contributed by atoms with Crippen LogP contribution in [-0.2, 0) is 0 Å². The Morgan fingerprint density at radius 1 is 1.06 bits per heavy atom. The van der Waals surface area contributed by atoms with Crippen LogP contribution in [0.5, 0.6) is 0 Å². The molecule has 0 radical (unpaired) electrons. The quantitative estimate of drug-likeness (QED) is 0.822. The molecule has 0 bridgehead atoms. The maximum atomic E-state index is 13.8. The molecule has 2 aromatic carbocycles. The first-order valence-corrected chi connectivity index (χ1v) is 6.26. The fourth-order valence-corrected chi connectivity index (χ4v) is 2.86. The van der Waals surface area contributed by atoms with Crippen LogP contribution in [0.3, 0.4) is 0 Å². The topological polar surface area (TPSA) is 20.2 Å². The maximum Gasteiger partial charge on any atom is 0.127 e. The minimum absolute atomic E-state index is 0.0894. The first kappa shape index (κ1) is 11.7. The average molecular weight is 263 g/mol. The first-order chi connectivity index (χ1) is 8.66. The third-order valence-electron chi connectivity index (χ3n) is 3.52. The molecule has 92 valence electrons. The Morgan fingerprint density at radius 3 is 2.61 bits per heavy atom. The lowest BCUT2D eigenvalue weighted by atomic mass is 9.93. The average Bonchev–Trinajstić information content (AvgIpc) is 2.67. The van der Waals surface area contributed by atoms with Crippen molar-refractivity contribution in [2.45, 2.75) is 18.4 Å². The van der Waals surface area contributed by atoms with Crippen molar-refractivity contribution in [3.63, 3.8) is 0 Å². The third-order valence-corrected chi connectivity index (χ3v) is 3.76. The van der Waals surface area contributed by atoms with E-state index in [-0.39, 0.29) is 11.7 Å². The summed E-state index contributed by atoms with van der Waals surface area (Å²) in [6, 6.07) is 12.2. The Morgan fingerprint density at radius 2 is 1.83 bits per heavy atom. The summed E-state index contributed by atoms with van der Waals surface area (Å²) in [5.41, 5.74) is 2.42. The van der Waals surface area contributed by atoms with Gasteiger partial charge in [0.05, 0.1) is 6.10 Å². The van der Waals surface area contributed by atoms with E-state index in [9.17, 15) is 9.50 Å². The largest absolute Gasteiger partial charge is 0.388 e. The lowest BCUT2D eigenvalue weighted by Gasteiger charge is -2.12. The molecule has 18 heavy (non-hydrogen) atoms. The van der Waals surface area contributed by atoms with E-state index in [1.165, 1.54) is 6.07 Å². The predicted molar refractivity (Wildman–Crippen MR) is 69.3 cm³/mol. The molecule has 1 nitrogen and oxygen atoms in total. The number of hydrogen-bond acceptors (Lipinski definition) is 1. The standard InChI is InChI=1S/C15H12ClFO/c16-9-5-6-10-12(8-15(18)13(10)7-9)11-3-1-2-4-14(11)17/h1-7,12,15,18H,8H2. The van der Waals surface area contributed by atoms with Crippen molar-refractivity contribution >= 4 is 11.6 Å². The molecule has 0 amide bonds. The molecule has 0 fully saturated rings. The summed E-state index contributed by atoms with van der Waals surface area (Å²) in [6.07, 6.45) is -0.0559. The summed E-state index contributed by atoms with van der Waals surface area (Å²) in [6.45, 7) is 0. The van der Waals surface area contributed by atoms with E-state index in [1.54, 1.807) is 24.3 Å². The number of benzene rings is 2. The van der Waals surface area contributed by atoms with E-state index in [0.29, 0.717) is 17.0 Å². The SMILES string of the molecule is OC1CC(c2ccccc2F)c2ccc(Cl)cc21. The molecule has 0 saturated heterocycles. The lowest BCUT2D eigenvalue weighted by molar-refractivity contribution is 0.176. The molecule has 3 heteroatoms. The fraction of sp³-hybridized carbons (Fsp3) is 0.200. The number of hydrogen-bond donors (Lipinski definition) is 1. The zero-order chi connectivity index (χ0) is 12.7. The third kappa shape index (κ3) is 1.82. The van der Waals surface area contributed by atoms with E-state index < -0.39 is 6.10 Å². The predicted octanol–water partition coefficient (Wildman–Crippen LogP) is 4.05. The van der Waals surface area contributed by atoms with Crippen molar-refractivity contribution in [3.8, 4) is 0 Å². The molecule has 2 atom stereocenters. The van der Waals surface area contributed by atoms with Gasteiger partial charge in [-0.3, -0.25) is 0 Å². The molecule has 1 aliphatic carbocycles. The number of fused-ring (bicyclic) bond motifs is 1. The normalized spacial score (nSPS) is 21.9. The summed E-state index contributed by atoms with van der Waals surface area (Å²) in [7, 11) is 0. The summed E-state index contributed by atoms with van der Waals surface area (Å²) in [5, 5.41) is 10.6. The highest BCUT2D eigenvalue weighted by molar-refractivity contribution is 6.30. The van der Waals surface area contributed by atoms with Gasteiger partial charge in [0.1, 0.15) is 5.82 Å². The Bertz CT molecular complexity index is 597. The molecule has 0 saturated carbocycles. The molecule has 0 aliphatic heterocycles. The smallest absolute Gasteiger partial charge is 0.127 e. The molecule has 2 unspecified atom stereocenters. The second kappa shape index (κ2) is 4.38. The van der Waals surface area contributed by atoms with Crippen LogP contribution in [0.1, 0.15) is 35.1 Å². The van der Waals surface area contributed by atoms with Crippen LogP contribution in [0.15, 0.2) is 42.5 Å². The van der Waals surface area contributed by atoms with Crippen molar-refractivity contribution < 1.29 is 9.50 Å². The highest BCUT2D eigenvalue weighted by atomic mass is 35.5. The fourth-order valence-electron chi connectivity index (χ4n) is 2.68. The van der Waals surface area contributed by atoms with Gasteiger partial charge in [-0.2, -0.15) is 0 Å². The molecule has 0 spiro atoms. The highest BCUT2D eigenvalue weighted by Gasteiger charge is 2.32. The van der Waals surface area contributed by atoms with Gasteiger partial charge in [0, 0.05) is 10.9 Å². The number of aliphatic hydroxyl groups excluding tert-OH is 1. The number of aliphatic hydroxyl groups is 1. The van der Waals surface area contributed by atoms with Crippen LogP contribution >= 0.6 is 11.6 Å². The summed E-state index contributed by atoms with van der Waals surface area (Å²) in [4.78, 5) is 0. The number of halogens is 2. The van der Waals surface area contributed by atoms with Gasteiger partial charge in [-0.1, -0.05) is 35.9 Å². The summed E-state index contributed by atoms with van der Waals surface area (Å²) >= 11 is 5.93. The molecule has 1 N–H and O–H groups in total. The van der Waals surface area contributed by atoms with Crippen molar-refractivity contribution in [1.29, 1.82) is 0 Å². The Hall–Kier alpha value is -1.38.